The van der Waals surface area contributed by atoms with Gasteiger partial charge in [-0.05, 0) is 18.4 Å². The molecule has 1 rings (SSSR count). The molecule has 0 heterocycles. The highest BCUT2D eigenvalue weighted by molar-refractivity contribution is 5.95. The Kier molecular flexibility index (Phi) is 11.1. The lowest BCUT2D eigenvalue weighted by atomic mass is 10.0. The molecule has 0 spiro atoms. The molecule has 5 atom stereocenters. The number of carboxylic acid groups (broad SMARTS) is 1. The van der Waals surface area contributed by atoms with Gasteiger partial charge in [0.05, 0.1) is 18.6 Å². The molecule has 0 aliphatic heterocycles. The third kappa shape index (κ3) is 9.16. The number of carboxylic acids is 1. The van der Waals surface area contributed by atoms with Crippen LogP contribution in [0, 0.1) is 5.92 Å². The molecule has 0 bridgehead atoms. The molecule has 9 N–H and O–H groups in total. The number of aliphatic hydroxyl groups excluding tert-OH is 1. The molecule has 1 aromatic carbocycles. The number of aliphatic hydroxyl groups is 1. The summed E-state index contributed by atoms with van der Waals surface area (Å²) in [6, 6.07) is 3.44. The summed E-state index contributed by atoms with van der Waals surface area (Å²) < 4.78 is 0. The predicted octanol–water partition coefficient (Wildman–Crippen LogP) is -1.99. The van der Waals surface area contributed by atoms with Crippen LogP contribution in [0.4, 0.5) is 0 Å². The van der Waals surface area contributed by atoms with Crippen LogP contribution in [0.3, 0.4) is 0 Å². The lowest BCUT2D eigenvalue weighted by molar-refractivity contribution is -0.143. The number of nitrogens with two attached hydrogens (primary N) is 2. The SMILES string of the molecule is CC(C)C(NC(=O)C(Cc1ccccc1)NC(=O)C(NC(=O)C(N)CC(N)=O)C(C)O)C(=O)O. The summed E-state index contributed by atoms with van der Waals surface area (Å²) in [6.45, 7) is 4.49. The van der Waals surface area contributed by atoms with Crippen LogP contribution < -0.4 is 27.4 Å². The topological polar surface area (TPSA) is 214 Å². The van der Waals surface area contributed by atoms with Gasteiger partial charge < -0.3 is 37.6 Å². The Morgan fingerprint density at radius 1 is 0.882 bits per heavy atom. The van der Waals surface area contributed by atoms with Crippen molar-refractivity contribution in [2.75, 3.05) is 0 Å². The van der Waals surface area contributed by atoms with Gasteiger partial charge in [-0.1, -0.05) is 44.2 Å². The average molecular weight is 480 g/mol. The first-order valence-electron chi connectivity index (χ1n) is 10.7. The van der Waals surface area contributed by atoms with Crippen LogP contribution in [0.2, 0.25) is 0 Å². The highest BCUT2D eigenvalue weighted by Gasteiger charge is 2.33. The molecule has 34 heavy (non-hydrogen) atoms. The third-order valence-electron chi connectivity index (χ3n) is 4.97. The van der Waals surface area contributed by atoms with Crippen molar-refractivity contribution in [1.82, 2.24) is 16.0 Å². The van der Waals surface area contributed by atoms with E-state index >= 15 is 0 Å². The molecule has 12 nitrogen and oxygen atoms in total. The van der Waals surface area contributed by atoms with Crippen molar-refractivity contribution >= 4 is 29.6 Å². The molecule has 5 unspecified atom stereocenters. The Morgan fingerprint density at radius 3 is 1.91 bits per heavy atom. The van der Waals surface area contributed by atoms with E-state index in [-0.39, 0.29) is 6.42 Å². The quantitative estimate of drug-likeness (QED) is 0.168. The van der Waals surface area contributed by atoms with Crippen molar-refractivity contribution in [3.05, 3.63) is 35.9 Å². The Hall–Kier alpha value is -3.51. The summed E-state index contributed by atoms with van der Waals surface area (Å²) in [5.74, 6) is -5.02. The van der Waals surface area contributed by atoms with Crippen molar-refractivity contribution in [3.63, 3.8) is 0 Å². The van der Waals surface area contributed by atoms with Crippen molar-refractivity contribution in [2.45, 2.75) is 63.9 Å². The zero-order valence-corrected chi connectivity index (χ0v) is 19.4. The number of rotatable bonds is 13. The molecule has 0 saturated carbocycles. The average Bonchev–Trinajstić information content (AvgIpc) is 2.74. The fourth-order valence-corrected chi connectivity index (χ4v) is 3.06. The monoisotopic (exact) mass is 479 g/mol. The van der Waals surface area contributed by atoms with Gasteiger partial charge in [-0.3, -0.25) is 19.2 Å². The standard InChI is InChI=1S/C22H33N5O7/c1-11(2)17(22(33)34)26-20(31)15(9-13-7-5-4-6-8-13)25-21(32)18(12(3)28)27-19(30)14(23)10-16(24)29/h4-8,11-12,14-15,17-18,28H,9-10,23H2,1-3H3,(H2,24,29)(H,25,32)(H,26,31)(H,27,30)(H,33,34). The summed E-state index contributed by atoms with van der Waals surface area (Å²) in [6.07, 6.45) is -1.83. The molecule has 0 fully saturated rings. The molecule has 1 aromatic rings. The van der Waals surface area contributed by atoms with E-state index in [4.69, 9.17) is 11.5 Å². The molecule has 12 heteroatoms. The predicted molar refractivity (Wildman–Crippen MR) is 122 cm³/mol. The maximum atomic E-state index is 12.9. The summed E-state index contributed by atoms with van der Waals surface area (Å²) in [5.41, 5.74) is 11.3. The highest BCUT2D eigenvalue weighted by Crippen LogP contribution is 2.08. The summed E-state index contributed by atoms with van der Waals surface area (Å²) >= 11 is 0. The molecular weight excluding hydrogens is 446 g/mol. The fraction of sp³-hybridized carbons (Fsp3) is 0.500. The van der Waals surface area contributed by atoms with Gasteiger partial charge in [-0.15, -0.1) is 0 Å². The number of aliphatic carboxylic acids is 1. The number of hydrogen-bond acceptors (Lipinski definition) is 7. The first kappa shape index (κ1) is 28.5. The molecule has 4 amide bonds. The van der Waals surface area contributed by atoms with Gasteiger partial charge in [-0.2, -0.15) is 0 Å². The largest absolute Gasteiger partial charge is 0.480 e. The van der Waals surface area contributed by atoms with Gasteiger partial charge in [0.1, 0.15) is 18.1 Å². The lowest BCUT2D eigenvalue weighted by Crippen LogP contribution is -2.60. The van der Waals surface area contributed by atoms with Crippen molar-refractivity contribution in [3.8, 4) is 0 Å². The van der Waals surface area contributed by atoms with E-state index < -0.39 is 72.2 Å². The van der Waals surface area contributed by atoms with E-state index in [9.17, 15) is 34.2 Å². The van der Waals surface area contributed by atoms with E-state index in [1.165, 1.54) is 6.92 Å². The smallest absolute Gasteiger partial charge is 0.326 e. The molecule has 0 saturated heterocycles. The number of nitrogens with one attached hydrogen (secondary N) is 3. The number of hydrogen-bond donors (Lipinski definition) is 7. The second-order valence-electron chi connectivity index (χ2n) is 8.32. The van der Waals surface area contributed by atoms with Crippen LogP contribution >= 0.6 is 0 Å². The second-order valence-corrected chi connectivity index (χ2v) is 8.32. The van der Waals surface area contributed by atoms with E-state index in [0.717, 1.165) is 0 Å². The van der Waals surface area contributed by atoms with Crippen LogP contribution in [0.25, 0.3) is 0 Å². The van der Waals surface area contributed by atoms with Crippen LogP contribution in [0.5, 0.6) is 0 Å². The zero-order valence-electron chi connectivity index (χ0n) is 19.4. The fourth-order valence-electron chi connectivity index (χ4n) is 3.06. The number of carbonyl (C=O) groups excluding carboxylic acids is 4. The van der Waals surface area contributed by atoms with Gasteiger partial charge in [0.25, 0.3) is 0 Å². The Labute approximate surface area is 197 Å². The normalized spacial score (nSPS) is 15.4. The van der Waals surface area contributed by atoms with E-state index in [1.807, 2.05) is 0 Å². The molecule has 0 aromatic heterocycles. The minimum atomic E-state index is -1.50. The summed E-state index contributed by atoms with van der Waals surface area (Å²) in [4.78, 5) is 60.6. The number of benzene rings is 1. The molecular formula is C22H33N5O7. The molecule has 188 valence electrons. The maximum absolute atomic E-state index is 12.9. The van der Waals surface area contributed by atoms with Crippen LogP contribution in [0.15, 0.2) is 30.3 Å². The van der Waals surface area contributed by atoms with Crippen LogP contribution in [-0.2, 0) is 30.4 Å². The summed E-state index contributed by atoms with van der Waals surface area (Å²) in [5, 5.41) is 26.6. The number of amides is 4. The van der Waals surface area contributed by atoms with E-state index in [0.29, 0.717) is 5.56 Å². The van der Waals surface area contributed by atoms with Gasteiger partial charge in [0.15, 0.2) is 0 Å². The first-order valence-corrected chi connectivity index (χ1v) is 10.7. The summed E-state index contributed by atoms with van der Waals surface area (Å²) in [7, 11) is 0. The molecule has 0 radical (unpaired) electrons. The van der Waals surface area contributed by atoms with Gasteiger partial charge >= 0.3 is 5.97 Å². The minimum Gasteiger partial charge on any atom is -0.480 e. The Bertz CT molecular complexity index is 876. The molecule has 0 aliphatic rings. The zero-order chi connectivity index (χ0) is 26.0. The Balaban J connectivity index is 3.09. The first-order chi connectivity index (χ1) is 15.8. The van der Waals surface area contributed by atoms with Gasteiger partial charge in [0.2, 0.25) is 23.6 Å². The minimum absolute atomic E-state index is 0.0184. The van der Waals surface area contributed by atoms with Gasteiger partial charge in [-0.25, -0.2) is 4.79 Å². The number of primary amides is 1. The second kappa shape index (κ2) is 13.3. The van der Waals surface area contributed by atoms with Crippen LogP contribution in [0.1, 0.15) is 32.8 Å². The van der Waals surface area contributed by atoms with Crippen molar-refractivity contribution in [1.29, 1.82) is 0 Å². The number of carbonyl (C=O) groups is 5. The third-order valence-corrected chi connectivity index (χ3v) is 4.97. The highest BCUT2D eigenvalue weighted by atomic mass is 16.4. The van der Waals surface area contributed by atoms with E-state index in [2.05, 4.69) is 16.0 Å². The van der Waals surface area contributed by atoms with Gasteiger partial charge in [0, 0.05) is 6.42 Å². The maximum Gasteiger partial charge on any atom is 0.326 e. The molecule has 0 aliphatic carbocycles. The van der Waals surface area contributed by atoms with Crippen molar-refractivity contribution < 1.29 is 34.2 Å². The van der Waals surface area contributed by atoms with Crippen molar-refractivity contribution in [2.24, 2.45) is 17.4 Å². The Morgan fingerprint density at radius 2 is 1.44 bits per heavy atom. The van der Waals surface area contributed by atoms with Crippen LogP contribution in [-0.4, -0.2) is 70.1 Å². The lowest BCUT2D eigenvalue weighted by Gasteiger charge is -2.27. The van der Waals surface area contributed by atoms with E-state index in [1.54, 1.807) is 44.2 Å².